The molecule has 4 rings (SSSR count). The number of guanidine groups is 1. The summed E-state index contributed by atoms with van der Waals surface area (Å²) in [5.74, 6) is 3.97. The van der Waals surface area contributed by atoms with Crippen molar-refractivity contribution in [2.45, 2.75) is 45.1 Å². The Labute approximate surface area is 158 Å². The number of benzene rings is 1. The summed E-state index contributed by atoms with van der Waals surface area (Å²) in [5, 5.41) is 11.8. The fourth-order valence-electron chi connectivity index (χ4n) is 3.44. The third-order valence-electron chi connectivity index (χ3n) is 4.82. The minimum Gasteiger partial charge on any atom is -0.490 e. The van der Waals surface area contributed by atoms with Crippen LogP contribution in [0.2, 0.25) is 0 Å². The number of rotatable bonds is 4. The summed E-state index contributed by atoms with van der Waals surface area (Å²) >= 11 is 0. The summed E-state index contributed by atoms with van der Waals surface area (Å²) in [6.07, 6.45) is 6.28. The molecule has 0 radical (unpaired) electrons. The highest BCUT2D eigenvalue weighted by Crippen LogP contribution is 2.32. The summed E-state index contributed by atoms with van der Waals surface area (Å²) in [6.45, 7) is 2.91. The van der Waals surface area contributed by atoms with Gasteiger partial charge in [-0.3, -0.25) is 4.99 Å². The molecular weight excluding hydrogens is 344 g/mol. The van der Waals surface area contributed by atoms with Crippen molar-refractivity contribution in [3.8, 4) is 11.5 Å². The van der Waals surface area contributed by atoms with Gasteiger partial charge in [-0.25, -0.2) is 0 Å². The number of fused-ring (bicyclic) bond motifs is 2. The lowest BCUT2D eigenvalue weighted by Gasteiger charge is -2.11. The molecule has 0 fully saturated rings. The van der Waals surface area contributed by atoms with Crippen LogP contribution in [0.15, 0.2) is 23.2 Å². The molecule has 0 saturated heterocycles. The first kappa shape index (κ1) is 17.6. The van der Waals surface area contributed by atoms with Gasteiger partial charge in [0.2, 0.25) is 0 Å². The molecule has 2 aromatic rings. The maximum absolute atomic E-state index is 6.04. The zero-order valence-corrected chi connectivity index (χ0v) is 15.5. The van der Waals surface area contributed by atoms with Crippen molar-refractivity contribution in [2.75, 3.05) is 25.1 Å². The van der Waals surface area contributed by atoms with Crippen LogP contribution < -0.4 is 20.5 Å². The lowest BCUT2D eigenvalue weighted by molar-refractivity contribution is 0.297. The molecule has 0 amide bonds. The van der Waals surface area contributed by atoms with Crippen molar-refractivity contribution in [3.63, 3.8) is 0 Å². The maximum atomic E-state index is 6.04. The van der Waals surface area contributed by atoms with E-state index in [0.717, 1.165) is 54.6 Å². The molecule has 0 aliphatic carbocycles. The molecular formula is C19H26N6O2. The largest absolute Gasteiger partial charge is 0.490 e. The van der Waals surface area contributed by atoms with Gasteiger partial charge in [0.1, 0.15) is 11.6 Å². The maximum Gasteiger partial charge on any atom is 0.193 e. The van der Waals surface area contributed by atoms with E-state index in [-0.39, 0.29) is 0 Å². The van der Waals surface area contributed by atoms with Crippen molar-refractivity contribution < 1.29 is 9.47 Å². The predicted molar refractivity (Wildman–Crippen MR) is 103 cm³/mol. The Balaban J connectivity index is 1.35. The van der Waals surface area contributed by atoms with E-state index in [1.165, 1.54) is 19.3 Å². The van der Waals surface area contributed by atoms with Gasteiger partial charge in [0.05, 0.1) is 13.2 Å². The predicted octanol–water partition coefficient (Wildman–Crippen LogP) is 2.14. The number of nitrogens with zero attached hydrogens (tertiary/aromatic N) is 4. The molecule has 27 heavy (non-hydrogen) atoms. The Bertz CT molecular complexity index is 817. The first-order valence-electron chi connectivity index (χ1n) is 9.67. The monoisotopic (exact) mass is 370 g/mol. The first-order chi connectivity index (χ1) is 13.3. The van der Waals surface area contributed by atoms with Crippen LogP contribution in [0.4, 0.5) is 5.69 Å². The highest BCUT2D eigenvalue weighted by atomic mass is 16.5. The number of anilines is 1. The quantitative estimate of drug-likeness (QED) is 0.632. The number of aliphatic imine (C=N–C) groups is 1. The Morgan fingerprint density at radius 2 is 2.00 bits per heavy atom. The van der Waals surface area contributed by atoms with Gasteiger partial charge in [0.25, 0.3) is 0 Å². The second-order valence-electron chi connectivity index (χ2n) is 6.85. The van der Waals surface area contributed by atoms with Crippen LogP contribution in [-0.2, 0) is 19.4 Å². The molecule has 1 aromatic carbocycles. The molecule has 0 spiro atoms. The average Bonchev–Trinajstić information content (AvgIpc) is 2.85. The van der Waals surface area contributed by atoms with Crippen LogP contribution in [0.25, 0.3) is 0 Å². The first-order valence-corrected chi connectivity index (χ1v) is 9.67. The van der Waals surface area contributed by atoms with Gasteiger partial charge in [0.15, 0.2) is 17.5 Å². The summed E-state index contributed by atoms with van der Waals surface area (Å²) in [5.41, 5.74) is 6.87. The van der Waals surface area contributed by atoms with E-state index in [0.29, 0.717) is 25.7 Å². The number of aryl methyl sites for hydroxylation is 1. The van der Waals surface area contributed by atoms with E-state index >= 15 is 0 Å². The molecule has 3 heterocycles. The van der Waals surface area contributed by atoms with E-state index in [9.17, 15) is 0 Å². The topological polar surface area (TPSA) is 99.6 Å². The molecule has 1 aromatic heterocycles. The van der Waals surface area contributed by atoms with Crippen molar-refractivity contribution >= 4 is 11.6 Å². The lowest BCUT2D eigenvalue weighted by atomic mass is 10.2. The Hall–Kier alpha value is -2.77. The third kappa shape index (κ3) is 4.32. The van der Waals surface area contributed by atoms with E-state index in [1.807, 2.05) is 18.2 Å². The van der Waals surface area contributed by atoms with Gasteiger partial charge in [-0.05, 0) is 25.0 Å². The smallest absolute Gasteiger partial charge is 0.193 e. The number of hydrogen-bond acceptors (Lipinski definition) is 5. The van der Waals surface area contributed by atoms with Gasteiger partial charge in [-0.2, -0.15) is 0 Å². The minimum absolute atomic E-state index is 0.375. The zero-order chi connectivity index (χ0) is 18.5. The molecule has 0 saturated carbocycles. The molecule has 2 aliphatic heterocycles. The Morgan fingerprint density at radius 1 is 1.11 bits per heavy atom. The molecule has 0 bridgehead atoms. The number of ether oxygens (including phenoxy) is 2. The summed E-state index contributed by atoms with van der Waals surface area (Å²) in [7, 11) is 0. The van der Waals surface area contributed by atoms with Crippen LogP contribution in [0.3, 0.4) is 0 Å². The molecule has 3 N–H and O–H groups in total. The van der Waals surface area contributed by atoms with Crippen LogP contribution in [0, 0.1) is 0 Å². The standard InChI is InChI=1S/C19H26N6O2/c20-19(22-14-6-7-15-16(13-14)27-12-4-11-26-15)21-9-8-18-24-23-17-5-2-1-3-10-25(17)18/h6-7,13H,1-5,8-12H2,(H3,20,21,22). The second kappa shape index (κ2) is 8.28. The van der Waals surface area contributed by atoms with E-state index < -0.39 is 0 Å². The van der Waals surface area contributed by atoms with E-state index in [2.05, 4.69) is 25.1 Å². The fraction of sp³-hybridized carbons (Fsp3) is 0.526. The van der Waals surface area contributed by atoms with Gasteiger partial charge >= 0.3 is 0 Å². The van der Waals surface area contributed by atoms with Crippen LogP contribution in [-0.4, -0.2) is 40.5 Å². The van der Waals surface area contributed by atoms with Crippen LogP contribution >= 0.6 is 0 Å². The highest BCUT2D eigenvalue weighted by Gasteiger charge is 2.14. The van der Waals surface area contributed by atoms with Gasteiger partial charge in [-0.15, -0.1) is 10.2 Å². The Morgan fingerprint density at radius 3 is 2.93 bits per heavy atom. The lowest BCUT2D eigenvalue weighted by Crippen LogP contribution is -2.23. The number of hydrogen-bond donors (Lipinski definition) is 2. The molecule has 0 atom stereocenters. The molecule has 8 nitrogen and oxygen atoms in total. The summed E-state index contributed by atoms with van der Waals surface area (Å²) in [6, 6.07) is 5.69. The number of aromatic nitrogens is 3. The van der Waals surface area contributed by atoms with Crippen molar-refractivity contribution in [1.82, 2.24) is 14.8 Å². The SMILES string of the molecule is NC(=NCCc1nnc2n1CCCCC2)Nc1ccc2c(c1)OCCCO2. The fourth-order valence-corrected chi connectivity index (χ4v) is 3.44. The van der Waals surface area contributed by atoms with E-state index in [1.54, 1.807) is 0 Å². The summed E-state index contributed by atoms with van der Waals surface area (Å²) in [4.78, 5) is 4.43. The number of nitrogens with two attached hydrogens (primary N) is 1. The van der Waals surface area contributed by atoms with Crippen molar-refractivity contribution in [1.29, 1.82) is 0 Å². The normalized spacial score (nSPS) is 17.0. The minimum atomic E-state index is 0.375. The molecule has 0 unspecified atom stereocenters. The third-order valence-corrected chi connectivity index (χ3v) is 4.82. The van der Waals surface area contributed by atoms with Gasteiger partial charge < -0.3 is 25.1 Å². The van der Waals surface area contributed by atoms with Gasteiger partial charge in [0, 0.05) is 44.1 Å². The van der Waals surface area contributed by atoms with Crippen LogP contribution in [0.5, 0.6) is 11.5 Å². The van der Waals surface area contributed by atoms with Crippen LogP contribution in [0.1, 0.15) is 37.3 Å². The summed E-state index contributed by atoms with van der Waals surface area (Å²) < 4.78 is 13.6. The van der Waals surface area contributed by atoms with Gasteiger partial charge in [-0.1, -0.05) is 6.42 Å². The van der Waals surface area contributed by atoms with Crippen molar-refractivity contribution in [3.05, 3.63) is 29.8 Å². The molecule has 2 aliphatic rings. The van der Waals surface area contributed by atoms with Crippen molar-refractivity contribution in [2.24, 2.45) is 10.7 Å². The highest BCUT2D eigenvalue weighted by molar-refractivity contribution is 5.92. The molecule has 8 heteroatoms. The van der Waals surface area contributed by atoms with E-state index in [4.69, 9.17) is 15.2 Å². The second-order valence-corrected chi connectivity index (χ2v) is 6.85. The zero-order valence-electron chi connectivity index (χ0n) is 15.5. The molecule has 144 valence electrons. The number of nitrogens with one attached hydrogen (secondary N) is 1. The Kier molecular flexibility index (Phi) is 5.41. The average molecular weight is 370 g/mol.